The fourth-order valence-corrected chi connectivity index (χ4v) is 0.576. The Morgan fingerprint density at radius 2 is 2.36 bits per heavy atom. The molecule has 11 heavy (non-hydrogen) atoms. The summed E-state index contributed by atoms with van der Waals surface area (Å²) in [5.41, 5.74) is 5.23. The molecule has 0 spiro atoms. The van der Waals surface area contributed by atoms with E-state index in [1.165, 1.54) is 0 Å². The standard InChI is InChI=1S/C7H16N2O2/c1-2-11-6-7(10)9-5-3-4-8/h2-6,8H2,1H3,(H,9,10). The van der Waals surface area contributed by atoms with Crippen LogP contribution in [0.5, 0.6) is 0 Å². The second-order valence-electron chi connectivity index (χ2n) is 2.13. The average Bonchev–Trinajstić information content (AvgIpc) is 2.01. The summed E-state index contributed by atoms with van der Waals surface area (Å²) in [5.74, 6) is -0.0692. The van der Waals surface area contributed by atoms with Crippen LogP contribution in [0, 0.1) is 0 Å². The second kappa shape index (κ2) is 7.50. The van der Waals surface area contributed by atoms with Crippen molar-refractivity contribution in [3.05, 3.63) is 0 Å². The van der Waals surface area contributed by atoms with Gasteiger partial charge < -0.3 is 15.8 Å². The molecule has 4 nitrogen and oxygen atoms in total. The van der Waals surface area contributed by atoms with Crippen LogP contribution in [0.2, 0.25) is 0 Å². The lowest BCUT2D eigenvalue weighted by Gasteiger charge is -2.02. The van der Waals surface area contributed by atoms with E-state index in [1.807, 2.05) is 6.92 Å². The smallest absolute Gasteiger partial charge is 0.245 e. The molecule has 0 saturated carbocycles. The molecule has 0 radical (unpaired) electrons. The number of rotatable bonds is 6. The molecule has 0 bridgehead atoms. The lowest BCUT2D eigenvalue weighted by Crippen LogP contribution is -2.29. The van der Waals surface area contributed by atoms with Crippen molar-refractivity contribution < 1.29 is 9.53 Å². The van der Waals surface area contributed by atoms with Gasteiger partial charge in [-0.25, -0.2) is 0 Å². The van der Waals surface area contributed by atoms with E-state index >= 15 is 0 Å². The van der Waals surface area contributed by atoms with Crippen molar-refractivity contribution in [2.45, 2.75) is 13.3 Å². The first kappa shape index (κ1) is 10.4. The molecular formula is C7H16N2O2. The predicted octanol–water partition coefficient (Wildman–Crippen LogP) is -0.512. The summed E-state index contributed by atoms with van der Waals surface area (Å²) in [6.45, 7) is 3.83. The summed E-state index contributed by atoms with van der Waals surface area (Å²) in [7, 11) is 0. The van der Waals surface area contributed by atoms with Crippen LogP contribution < -0.4 is 11.1 Å². The highest BCUT2D eigenvalue weighted by molar-refractivity contribution is 5.77. The second-order valence-corrected chi connectivity index (χ2v) is 2.13. The zero-order chi connectivity index (χ0) is 8.53. The summed E-state index contributed by atoms with van der Waals surface area (Å²) in [6.07, 6.45) is 0.817. The zero-order valence-electron chi connectivity index (χ0n) is 6.93. The fourth-order valence-electron chi connectivity index (χ4n) is 0.576. The summed E-state index contributed by atoms with van der Waals surface area (Å²) >= 11 is 0. The van der Waals surface area contributed by atoms with Gasteiger partial charge in [0.05, 0.1) is 0 Å². The number of carbonyl (C=O) groups excluding carboxylic acids is 1. The van der Waals surface area contributed by atoms with Gasteiger partial charge in [0, 0.05) is 13.2 Å². The summed E-state index contributed by atoms with van der Waals surface area (Å²) in [5, 5.41) is 2.67. The minimum absolute atomic E-state index is 0.0692. The Bertz CT molecular complexity index is 107. The van der Waals surface area contributed by atoms with Crippen molar-refractivity contribution >= 4 is 5.91 Å². The molecule has 3 N–H and O–H groups in total. The molecule has 0 aliphatic heterocycles. The van der Waals surface area contributed by atoms with Gasteiger partial charge in [-0.05, 0) is 19.9 Å². The normalized spacial score (nSPS) is 9.64. The molecule has 0 fully saturated rings. The van der Waals surface area contributed by atoms with Gasteiger partial charge in [-0.3, -0.25) is 4.79 Å². The Labute approximate surface area is 67.1 Å². The maximum Gasteiger partial charge on any atom is 0.245 e. The van der Waals surface area contributed by atoms with E-state index in [-0.39, 0.29) is 12.5 Å². The third-order valence-electron chi connectivity index (χ3n) is 1.14. The van der Waals surface area contributed by atoms with Crippen molar-refractivity contribution in [3.8, 4) is 0 Å². The van der Waals surface area contributed by atoms with E-state index in [0.29, 0.717) is 19.7 Å². The van der Waals surface area contributed by atoms with E-state index in [0.717, 1.165) is 6.42 Å². The van der Waals surface area contributed by atoms with Crippen molar-refractivity contribution in [2.75, 3.05) is 26.3 Å². The van der Waals surface area contributed by atoms with Crippen LogP contribution in [0.15, 0.2) is 0 Å². The van der Waals surface area contributed by atoms with E-state index in [4.69, 9.17) is 10.5 Å². The SMILES string of the molecule is CCOCC(=O)NCCCN. The van der Waals surface area contributed by atoms with Gasteiger partial charge in [-0.1, -0.05) is 0 Å². The predicted molar refractivity (Wildman–Crippen MR) is 43.2 cm³/mol. The minimum atomic E-state index is -0.0692. The summed E-state index contributed by atoms with van der Waals surface area (Å²) < 4.78 is 4.88. The molecule has 1 amide bonds. The quantitative estimate of drug-likeness (QED) is 0.514. The van der Waals surface area contributed by atoms with Crippen molar-refractivity contribution in [1.29, 1.82) is 0 Å². The van der Waals surface area contributed by atoms with E-state index in [1.54, 1.807) is 0 Å². The average molecular weight is 160 g/mol. The summed E-state index contributed by atoms with van der Waals surface area (Å²) in [4.78, 5) is 10.8. The maximum atomic E-state index is 10.8. The molecular weight excluding hydrogens is 144 g/mol. The number of hydrogen-bond donors (Lipinski definition) is 2. The van der Waals surface area contributed by atoms with Crippen molar-refractivity contribution in [1.82, 2.24) is 5.32 Å². The van der Waals surface area contributed by atoms with Gasteiger partial charge in [0.15, 0.2) is 0 Å². The first-order chi connectivity index (χ1) is 5.31. The minimum Gasteiger partial charge on any atom is -0.372 e. The first-order valence-corrected chi connectivity index (χ1v) is 3.85. The molecule has 0 atom stereocenters. The van der Waals surface area contributed by atoms with Crippen LogP contribution in [-0.4, -0.2) is 32.2 Å². The third-order valence-corrected chi connectivity index (χ3v) is 1.14. The Kier molecular flexibility index (Phi) is 7.08. The number of hydrogen-bond acceptors (Lipinski definition) is 3. The van der Waals surface area contributed by atoms with Gasteiger partial charge >= 0.3 is 0 Å². The fraction of sp³-hybridized carbons (Fsp3) is 0.857. The van der Waals surface area contributed by atoms with Gasteiger partial charge in [0.2, 0.25) is 5.91 Å². The van der Waals surface area contributed by atoms with Gasteiger partial charge in [-0.2, -0.15) is 0 Å². The van der Waals surface area contributed by atoms with Gasteiger partial charge in [0.25, 0.3) is 0 Å². The zero-order valence-corrected chi connectivity index (χ0v) is 6.93. The largest absolute Gasteiger partial charge is 0.372 e. The van der Waals surface area contributed by atoms with Crippen LogP contribution >= 0.6 is 0 Å². The van der Waals surface area contributed by atoms with Gasteiger partial charge in [-0.15, -0.1) is 0 Å². The molecule has 66 valence electrons. The highest BCUT2D eigenvalue weighted by Crippen LogP contribution is 1.75. The number of nitrogens with two attached hydrogens (primary N) is 1. The van der Waals surface area contributed by atoms with Crippen LogP contribution in [0.3, 0.4) is 0 Å². The third kappa shape index (κ3) is 7.29. The number of amides is 1. The van der Waals surface area contributed by atoms with E-state index < -0.39 is 0 Å². The molecule has 0 heterocycles. The Morgan fingerprint density at radius 1 is 1.64 bits per heavy atom. The van der Waals surface area contributed by atoms with Gasteiger partial charge in [0.1, 0.15) is 6.61 Å². The van der Waals surface area contributed by atoms with E-state index in [2.05, 4.69) is 5.32 Å². The van der Waals surface area contributed by atoms with Crippen LogP contribution in [0.1, 0.15) is 13.3 Å². The van der Waals surface area contributed by atoms with E-state index in [9.17, 15) is 4.79 Å². The number of carbonyl (C=O) groups is 1. The van der Waals surface area contributed by atoms with Crippen LogP contribution in [0.4, 0.5) is 0 Å². The van der Waals surface area contributed by atoms with Crippen LogP contribution in [-0.2, 0) is 9.53 Å². The maximum absolute atomic E-state index is 10.8. The lowest BCUT2D eigenvalue weighted by molar-refractivity contribution is -0.125. The Balaban J connectivity index is 3.09. The number of nitrogens with one attached hydrogen (secondary N) is 1. The van der Waals surface area contributed by atoms with Crippen molar-refractivity contribution in [2.24, 2.45) is 5.73 Å². The monoisotopic (exact) mass is 160 g/mol. The number of ether oxygens (including phenoxy) is 1. The summed E-state index contributed by atoms with van der Waals surface area (Å²) in [6, 6.07) is 0. The van der Waals surface area contributed by atoms with Crippen molar-refractivity contribution in [3.63, 3.8) is 0 Å². The Hall–Kier alpha value is -0.610. The molecule has 0 aromatic heterocycles. The topological polar surface area (TPSA) is 64.3 Å². The molecule has 0 rings (SSSR count). The highest BCUT2D eigenvalue weighted by Gasteiger charge is 1.97. The molecule has 0 aromatic rings. The molecule has 0 aromatic carbocycles. The lowest BCUT2D eigenvalue weighted by atomic mass is 10.4. The first-order valence-electron chi connectivity index (χ1n) is 3.85. The Morgan fingerprint density at radius 3 is 2.91 bits per heavy atom. The molecule has 0 aliphatic carbocycles. The molecule has 0 unspecified atom stereocenters. The molecule has 4 heteroatoms. The van der Waals surface area contributed by atoms with Crippen LogP contribution in [0.25, 0.3) is 0 Å². The molecule has 0 saturated heterocycles. The molecule has 0 aliphatic rings. The highest BCUT2D eigenvalue weighted by atomic mass is 16.5.